The maximum atomic E-state index is 9.64. The van der Waals surface area contributed by atoms with Gasteiger partial charge in [0.15, 0.2) is 11.5 Å². The largest absolute Gasteiger partial charge is 0.504 e. The van der Waals surface area contributed by atoms with Crippen molar-refractivity contribution in [3.8, 4) is 23.0 Å². The predicted octanol–water partition coefficient (Wildman–Crippen LogP) is 2.06. The van der Waals surface area contributed by atoms with E-state index in [9.17, 15) is 5.11 Å². The Morgan fingerprint density at radius 3 is 2.13 bits per heavy atom. The summed E-state index contributed by atoms with van der Waals surface area (Å²) in [6, 6.07) is 1.46. The lowest BCUT2D eigenvalue weighted by Crippen LogP contribution is -1.96. The fourth-order valence-electron chi connectivity index (χ4n) is 1.38. The van der Waals surface area contributed by atoms with Gasteiger partial charge in [0.2, 0.25) is 5.75 Å². The van der Waals surface area contributed by atoms with Gasteiger partial charge in [-0.25, -0.2) is 0 Å². The summed E-state index contributed by atoms with van der Waals surface area (Å²) >= 11 is 0. The molecule has 1 rings (SSSR count). The Balaban J connectivity index is 3.51. The second-order valence-corrected chi connectivity index (χ2v) is 2.78. The van der Waals surface area contributed by atoms with Crippen LogP contribution in [-0.2, 0) is 0 Å². The van der Waals surface area contributed by atoms with E-state index in [0.29, 0.717) is 17.1 Å². The number of aromatic hydroxyl groups is 1. The fourth-order valence-corrected chi connectivity index (χ4v) is 1.38. The van der Waals surface area contributed by atoms with E-state index in [4.69, 9.17) is 14.2 Å². The quantitative estimate of drug-likeness (QED) is 0.826. The molecule has 4 heteroatoms. The molecule has 1 aromatic rings. The van der Waals surface area contributed by atoms with Crippen LogP contribution in [0.4, 0.5) is 0 Å². The van der Waals surface area contributed by atoms with Crippen molar-refractivity contribution in [2.75, 3.05) is 21.3 Å². The zero-order valence-electron chi connectivity index (χ0n) is 9.03. The zero-order valence-corrected chi connectivity index (χ0v) is 9.03. The van der Waals surface area contributed by atoms with Crippen LogP contribution in [0.2, 0.25) is 0 Å². The van der Waals surface area contributed by atoms with Gasteiger partial charge in [-0.3, -0.25) is 0 Å². The van der Waals surface area contributed by atoms with Crippen LogP contribution in [0.5, 0.6) is 23.0 Å². The highest BCUT2D eigenvalue weighted by atomic mass is 16.5. The molecule has 0 spiro atoms. The van der Waals surface area contributed by atoms with Gasteiger partial charge in [-0.1, -0.05) is 12.7 Å². The average molecular weight is 210 g/mol. The Morgan fingerprint density at radius 2 is 1.73 bits per heavy atom. The Labute approximate surface area is 88.7 Å². The van der Waals surface area contributed by atoms with Gasteiger partial charge in [0.05, 0.1) is 26.9 Å². The van der Waals surface area contributed by atoms with Gasteiger partial charge in [0.1, 0.15) is 5.75 Å². The molecule has 0 heterocycles. The molecule has 0 saturated carbocycles. The van der Waals surface area contributed by atoms with Crippen LogP contribution in [0.1, 0.15) is 5.56 Å². The average Bonchev–Trinajstić information content (AvgIpc) is 2.27. The maximum Gasteiger partial charge on any atom is 0.203 e. The summed E-state index contributed by atoms with van der Waals surface area (Å²) in [5, 5.41) is 9.64. The Morgan fingerprint density at radius 1 is 1.13 bits per heavy atom. The summed E-state index contributed by atoms with van der Waals surface area (Å²) in [5.74, 6) is 1.13. The third kappa shape index (κ3) is 1.83. The highest BCUT2D eigenvalue weighted by Crippen LogP contribution is 2.44. The summed E-state index contributed by atoms with van der Waals surface area (Å²) in [7, 11) is 4.45. The highest BCUT2D eigenvalue weighted by molar-refractivity contribution is 5.71. The minimum Gasteiger partial charge on any atom is -0.504 e. The van der Waals surface area contributed by atoms with Crippen molar-refractivity contribution in [1.82, 2.24) is 0 Å². The molecule has 0 saturated heterocycles. The number of phenols is 1. The first-order valence-corrected chi connectivity index (χ1v) is 4.33. The van der Waals surface area contributed by atoms with Gasteiger partial charge >= 0.3 is 0 Å². The van der Waals surface area contributed by atoms with E-state index in [1.807, 2.05) is 0 Å². The molecule has 15 heavy (non-hydrogen) atoms. The lowest BCUT2D eigenvalue weighted by atomic mass is 10.1. The Hall–Kier alpha value is -1.84. The van der Waals surface area contributed by atoms with Gasteiger partial charge in [-0.05, 0) is 0 Å². The van der Waals surface area contributed by atoms with Gasteiger partial charge in [0, 0.05) is 6.07 Å². The highest BCUT2D eigenvalue weighted by Gasteiger charge is 2.17. The van der Waals surface area contributed by atoms with Crippen molar-refractivity contribution in [2.45, 2.75) is 0 Å². The second-order valence-electron chi connectivity index (χ2n) is 2.78. The Bertz CT molecular complexity index is 371. The maximum absolute atomic E-state index is 9.64. The number of methoxy groups -OCH3 is 3. The third-order valence-electron chi connectivity index (χ3n) is 2.05. The minimum atomic E-state index is -0.0307. The van der Waals surface area contributed by atoms with E-state index in [1.165, 1.54) is 27.4 Å². The van der Waals surface area contributed by atoms with Crippen molar-refractivity contribution in [3.05, 3.63) is 18.2 Å². The van der Waals surface area contributed by atoms with Crippen LogP contribution in [0, 0.1) is 0 Å². The summed E-state index contributed by atoms with van der Waals surface area (Å²) in [4.78, 5) is 0. The monoisotopic (exact) mass is 210 g/mol. The Kier molecular flexibility index (Phi) is 3.44. The van der Waals surface area contributed by atoms with E-state index >= 15 is 0 Å². The first-order chi connectivity index (χ1) is 7.19. The molecular weight excluding hydrogens is 196 g/mol. The number of ether oxygens (including phenoxy) is 3. The predicted molar refractivity (Wildman–Crippen MR) is 57.9 cm³/mol. The molecule has 0 aliphatic carbocycles. The van der Waals surface area contributed by atoms with Crippen LogP contribution in [0.15, 0.2) is 12.6 Å². The van der Waals surface area contributed by atoms with Crippen molar-refractivity contribution in [1.29, 1.82) is 0 Å². The van der Waals surface area contributed by atoms with Crippen molar-refractivity contribution in [2.24, 2.45) is 0 Å². The number of benzene rings is 1. The molecule has 0 radical (unpaired) electrons. The first-order valence-electron chi connectivity index (χ1n) is 4.33. The van der Waals surface area contributed by atoms with Crippen molar-refractivity contribution < 1.29 is 19.3 Å². The van der Waals surface area contributed by atoms with E-state index in [2.05, 4.69) is 6.58 Å². The summed E-state index contributed by atoms with van der Waals surface area (Å²) in [6.07, 6.45) is 1.58. The smallest absolute Gasteiger partial charge is 0.203 e. The number of hydrogen-bond donors (Lipinski definition) is 1. The number of phenolic OH excluding ortho intramolecular Hbond substituents is 1. The zero-order chi connectivity index (χ0) is 11.4. The summed E-state index contributed by atoms with van der Waals surface area (Å²) in [5.41, 5.74) is 0.648. The number of hydrogen-bond acceptors (Lipinski definition) is 4. The van der Waals surface area contributed by atoms with Crippen LogP contribution < -0.4 is 14.2 Å². The molecule has 0 atom stereocenters. The topological polar surface area (TPSA) is 47.9 Å². The third-order valence-corrected chi connectivity index (χ3v) is 2.05. The van der Waals surface area contributed by atoms with Crippen molar-refractivity contribution in [3.63, 3.8) is 0 Å². The molecule has 82 valence electrons. The van der Waals surface area contributed by atoms with E-state index in [1.54, 1.807) is 6.08 Å². The molecular formula is C11H14O4. The lowest BCUT2D eigenvalue weighted by molar-refractivity contribution is 0.326. The van der Waals surface area contributed by atoms with E-state index < -0.39 is 0 Å². The molecule has 0 aromatic heterocycles. The summed E-state index contributed by atoms with van der Waals surface area (Å²) in [6.45, 7) is 3.66. The van der Waals surface area contributed by atoms with Crippen LogP contribution in [0.3, 0.4) is 0 Å². The van der Waals surface area contributed by atoms with Crippen LogP contribution in [-0.4, -0.2) is 26.4 Å². The van der Waals surface area contributed by atoms with Gasteiger partial charge in [-0.2, -0.15) is 0 Å². The fraction of sp³-hybridized carbons (Fsp3) is 0.273. The SMILES string of the molecule is C=Cc1c(OC)cc(O)c(OC)c1OC. The molecule has 0 amide bonds. The number of rotatable bonds is 4. The molecule has 0 fully saturated rings. The van der Waals surface area contributed by atoms with Crippen LogP contribution >= 0.6 is 0 Å². The molecule has 0 unspecified atom stereocenters. The molecule has 0 aliphatic rings. The van der Waals surface area contributed by atoms with Gasteiger partial charge in [0.25, 0.3) is 0 Å². The van der Waals surface area contributed by atoms with Crippen molar-refractivity contribution >= 4 is 6.08 Å². The standard InChI is InChI=1S/C11H14O4/c1-5-7-9(13-2)6-8(12)11(15-4)10(7)14-3/h5-6,12H,1H2,2-4H3. The van der Waals surface area contributed by atoms with E-state index in [-0.39, 0.29) is 11.5 Å². The summed E-state index contributed by atoms with van der Waals surface area (Å²) < 4.78 is 15.3. The first kappa shape index (κ1) is 11.2. The van der Waals surface area contributed by atoms with Gasteiger partial charge in [-0.15, -0.1) is 0 Å². The minimum absolute atomic E-state index is 0.0307. The lowest BCUT2D eigenvalue weighted by Gasteiger charge is -2.15. The molecule has 4 nitrogen and oxygen atoms in total. The molecule has 0 aliphatic heterocycles. The molecule has 1 aromatic carbocycles. The van der Waals surface area contributed by atoms with Crippen LogP contribution in [0.25, 0.3) is 6.08 Å². The van der Waals surface area contributed by atoms with Gasteiger partial charge < -0.3 is 19.3 Å². The van der Waals surface area contributed by atoms with E-state index in [0.717, 1.165) is 0 Å². The molecule has 0 bridgehead atoms. The normalized spacial score (nSPS) is 9.53. The molecule has 1 N–H and O–H groups in total. The second kappa shape index (κ2) is 4.59.